The van der Waals surface area contributed by atoms with Crippen LogP contribution in [-0.2, 0) is 5.60 Å². The second kappa shape index (κ2) is 6.36. The fourth-order valence-corrected chi connectivity index (χ4v) is 4.52. The van der Waals surface area contributed by atoms with E-state index in [0.29, 0.717) is 5.02 Å². The number of allylic oxidation sites excluding steroid dienone is 1. The summed E-state index contributed by atoms with van der Waals surface area (Å²) < 4.78 is 1.25. The molecule has 0 aliphatic carbocycles. The van der Waals surface area contributed by atoms with Crippen molar-refractivity contribution >= 4 is 39.1 Å². The Bertz CT molecular complexity index is 929. The van der Waals surface area contributed by atoms with Crippen LogP contribution >= 0.6 is 22.9 Å². The molecule has 0 radical (unpaired) electrons. The molecular formula is C21H21ClOS. The number of hydrogen-bond acceptors (Lipinski definition) is 2. The van der Waals surface area contributed by atoms with Crippen molar-refractivity contribution in [3.05, 3.63) is 63.5 Å². The summed E-state index contributed by atoms with van der Waals surface area (Å²) in [4.78, 5) is 1.28. The van der Waals surface area contributed by atoms with Crippen LogP contribution in [-0.4, -0.2) is 5.11 Å². The maximum absolute atomic E-state index is 10.6. The summed E-state index contributed by atoms with van der Waals surface area (Å²) in [5.74, 6) is 0. The Morgan fingerprint density at radius 2 is 1.88 bits per heavy atom. The fraction of sp³-hybridized carbons (Fsp3) is 0.238. The van der Waals surface area contributed by atoms with Gasteiger partial charge in [0.2, 0.25) is 0 Å². The first kappa shape index (κ1) is 17.2. The van der Waals surface area contributed by atoms with Crippen LogP contribution in [0.3, 0.4) is 0 Å². The van der Waals surface area contributed by atoms with Gasteiger partial charge in [-0.1, -0.05) is 41.9 Å². The molecule has 3 rings (SSSR count). The van der Waals surface area contributed by atoms with E-state index in [1.54, 1.807) is 25.2 Å². The number of benzene rings is 2. The minimum atomic E-state index is -0.957. The molecule has 0 saturated carbocycles. The van der Waals surface area contributed by atoms with Gasteiger partial charge < -0.3 is 5.11 Å². The Morgan fingerprint density at radius 1 is 1.12 bits per heavy atom. The zero-order valence-corrected chi connectivity index (χ0v) is 15.9. The van der Waals surface area contributed by atoms with Crippen molar-refractivity contribution in [1.29, 1.82) is 0 Å². The van der Waals surface area contributed by atoms with E-state index in [1.807, 2.05) is 25.1 Å². The van der Waals surface area contributed by atoms with Crippen LogP contribution in [0.15, 0.2) is 42.5 Å². The molecule has 1 N–H and O–H groups in total. The molecule has 3 aromatic rings. The van der Waals surface area contributed by atoms with Gasteiger partial charge in [0.05, 0.1) is 5.60 Å². The van der Waals surface area contributed by atoms with E-state index in [4.69, 9.17) is 11.6 Å². The Balaban J connectivity index is 2.34. The number of fused-ring (bicyclic) bond motifs is 1. The second-order valence-electron chi connectivity index (χ2n) is 6.52. The average molecular weight is 357 g/mol. The summed E-state index contributed by atoms with van der Waals surface area (Å²) in [6, 6.07) is 12.1. The molecule has 0 atom stereocenters. The molecule has 3 heteroatoms. The van der Waals surface area contributed by atoms with Gasteiger partial charge in [-0.15, -0.1) is 11.3 Å². The zero-order chi connectivity index (χ0) is 17.5. The summed E-state index contributed by atoms with van der Waals surface area (Å²) in [5.41, 5.74) is 3.37. The summed E-state index contributed by atoms with van der Waals surface area (Å²) in [7, 11) is 0. The number of aryl methyl sites for hydroxylation is 1. The highest BCUT2D eigenvalue weighted by Crippen LogP contribution is 2.42. The normalized spacial score (nSPS) is 12.4. The molecule has 24 heavy (non-hydrogen) atoms. The Morgan fingerprint density at radius 3 is 2.54 bits per heavy atom. The SMILES string of the molecule is C/C=C\c1sc2c(-c3ccc(Cl)cc3C(C)(C)O)cccc2c1C. The molecule has 0 aliphatic heterocycles. The maximum atomic E-state index is 10.6. The molecule has 1 nitrogen and oxygen atoms in total. The minimum absolute atomic E-state index is 0.639. The fourth-order valence-electron chi connectivity index (χ4n) is 3.04. The van der Waals surface area contributed by atoms with Crippen LogP contribution in [0.1, 0.15) is 36.8 Å². The van der Waals surface area contributed by atoms with Gasteiger partial charge in [-0.2, -0.15) is 0 Å². The van der Waals surface area contributed by atoms with Crippen molar-refractivity contribution in [3.63, 3.8) is 0 Å². The van der Waals surface area contributed by atoms with Gasteiger partial charge in [0, 0.05) is 14.6 Å². The van der Waals surface area contributed by atoms with Gasteiger partial charge in [-0.25, -0.2) is 0 Å². The molecule has 2 aromatic carbocycles. The van der Waals surface area contributed by atoms with Gasteiger partial charge in [0.1, 0.15) is 0 Å². The van der Waals surface area contributed by atoms with E-state index in [0.717, 1.165) is 16.7 Å². The van der Waals surface area contributed by atoms with Crippen molar-refractivity contribution in [1.82, 2.24) is 0 Å². The molecule has 0 saturated heterocycles. The highest BCUT2D eigenvalue weighted by Gasteiger charge is 2.23. The minimum Gasteiger partial charge on any atom is -0.386 e. The Hall–Kier alpha value is -1.61. The van der Waals surface area contributed by atoms with Crippen LogP contribution in [0.5, 0.6) is 0 Å². The maximum Gasteiger partial charge on any atom is 0.0847 e. The van der Waals surface area contributed by atoms with E-state index in [2.05, 4.69) is 37.3 Å². The van der Waals surface area contributed by atoms with Crippen LogP contribution in [0.4, 0.5) is 0 Å². The third-order valence-electron chi connectivity index (χ3n) is 4.25. The average Bonchev–Trinajstić information content (AvgIpc) is 2.84. The predicted molar refractivity (Wildman–Crippen MR) is 107 cm³/mol. The first-order chi connectivity index (χ1) is 11.3. The molecule has 0 spiro atoms. The molecule has 0 amide bonds. The number of rotatable bonds is 3. The third kappa shape index (κ3) is 3.02. The quantitative estimate of drug-likeness (QED) is 0.547. The Kier molecular flexibility index (Phi) is 4.56. The summed E-state index contributed by atoms with van der Waals surface area (Å²) >= 11 is 7.97. The summed E-state index contributed by atoms with van der Waals surface area (Å²) in [5, 5.41) is 12.5. The van der Waals surface area contributed by atoms with Crippen molar-refractivity contribution in [2.45, 2.75) is 33.3 Å². The van der Waals surface area contributed by atoms with Gasteiger partial charge in [0.25, 0.3) is 0 Å². The van der Waals surface area contributed by atoms with Crippen molar-refractivity contribution in [2.75, 3.05) is 0 Å². The van der Waals surface area contributed by atoms with Crippen molar-refractivity contribution in [2.24, 2.45) is 0 Å². The van der Waals surface area contributed by atoms with Crippen LogP contribution in [0.25, 0.3) is 27.3 Å². The van der Waals surface area contributed by atoms with Crippen molar-refractivity contribution < 1.29 is 5.11 Å². The topological polar surface area (TPSA) is 20.2 Å². The highest BCUT2D eigenvalue weighted by atomic mass is 35.5. The van der Waals surface area contributed by atoms with Gasteiger partial charge in [-0.05, 0) is 73.5 Å². The van der Waals surface area contributed by atoms with Crippen LogP contribution < -0.4 is 0 Å². The molecule has 124 valence electrons. The largest absolute Gasteiger partial charge is 0.386 e. The summed E-state index contributed by atoms with van der Waals surface area (Å²) in [6.07, 6.45) is 4.23. The predicted octanol–water partition coefficient (Wildman–Crippen LogP) is 6.79. The molecule has 0 fully saturated rings. The lowest BCUT2D eigenvalue weighted by Gasteiger charge is -2.22. The van der Waals surface area contributed by atoms with Crippen molar-refractivity contribution in [3.8, 4) is 11.1 Å². The molecular weight excluding hydrogens is 336 g/mol. The van der Waals surface area contributed by atoms with E-state index in [9.17, 15) is 5.11 Å². The number of aliphatic hydroxyl groups is 1. The van der Waals surface area contributed by atoms with Crippen LogP contribution in [0, 0.1) is 6.92 Å². The van der Waals surface area contributed by atoms with E-state index < -0.39 is 5.60 Å². The lowest BCUT2D eigenvalue weighted by molar-refractivity contribution is 0.0792. The van der Waals surface area contributed by atoms with Gasteiger partial charge >= 0.3 is 0 Å². The molecule has 0 aliphatic rings. The van der Waals surface area contributed by atoms with E-state index in [-0.39, 0.29) is 0 Å². The van der Waals surface area contributed by atoms with Crippen LogP contribution in [0.2, 0.25) is 5.02 Å². The summed E-state index contributed by atoms with van der Waals surface area (Å²) in [6.45, 7) is 7.80. The number of halogens is 1. The van der Waals surface area contributed by atoms with E-state index in [1.165, 1.54) is 20.5 Å². The Labute approximate surface area is 152 Å². The number of thiophene rings is 1. The molecule has 0 unspecified atom stereocenters. The second-order valence-corrected chi connectivity index (χ2v) is 8.01. The number of hydrogen-bond donors (Lipinski definition) is 1. The van der Waals surface area contributed by atoms with E-state index >= 15 is 0 Å². The molecule has 1 heterocycles. The van der Waals surface area contributed by atoms with Gasteiger partial charge in [-0.3, -0.25) is 0 Å². The third-order valence-corrected chi connectivity index (χ3v) is 5.79. The lowest BCUT2D eigenvalue weighted by Crippen LogP contribution is -2.16. The lowest BCUT2D eigenvalue weighted by atomic mass is 9.89. The highest BCUT2D eigenvalue weighted by molar-refractivity contribution is 7.20. The monoisotopic (exact) mass is 356 g/mol. The first-order valence-corrected chi connectivity index (χ1v) is 9.20. The standard InChI is InChI=1S/C21H21ClOS/c1-5-7-19-13(2)15-8-6-9-17(20(15)24-19)16-11-10-14(22)12-18(16)21(3,4)23/h5-12,23H,1-4H3/b7-5-. The first-order valence-electron chi connectivity index (χ1n) is 8.00. The molecule has 1 aromatic heterocycles. The molecule has 0 bridgehead atoms. The van der Waals surface area contributed by atoms with Gasteiger partial charge in [0.15, 0.2) is 0 Å². The zero-order valence-electron chi connectivity index (χ0n) is 14.4. The smallest absolute Gasteiger partial charge is 0.0847 e.